The van der Waals surface area contributed by atoms with Crippen molar-refractivity contribution < 1.29 is 0 Å². The Morgan fingerprint density at radius 3 is 2.59 bits per heavy atom. The third kappa shape index (κ3) is 3.36. The number of nitrogens with zero attached hydrogens (tertiary/aromatic N) is 2. The monoisotopic (exact) mass is 227 g/mol. The maximum absolute atomic E-state index is 4.18. The van der Waals surface area contributed by atoms with E-state index in [1.165, 1.54) is 11.1 Å². The fourth-order valence-electron chi connectivity index (χ4n) is 1.65. The molecule has 0 aliphatic carbocycles. The quantitative estimate of drug-likeness (QED) is 0.872. The summed E-state index contributed by atoms with van der Waals surface area (Å²) in [5, 5.41) is 3.44. The summed E-state index contributed by atoms with van der Waals surface area (Å²) >= 11 is 0. The third-order valence-corrected chi connectivity index (χ3v) is 2.81. The molecule has 3 nitrogen and oxygen atoms in total. The Bertz CT molecular complexity index is 451. The van der Waals surface area contributed by atoms with Gasteiger partial charge in [0.25, 0.3) is 0 Å². The highest BCUT2D eigenvalue weighted by Crippen LogP contribution is 2.13. The van der Waals surface area contributed by atoms with E-state index in [0.717, 1.165) is 12.2 Å². The van der Waals surface area contributed by atoms with Gasteiger partial charge in [0.15, 0.2) is 0 Å². The van der Waals surface area contributed by atoms with Crippen LogP contribution in [0.3, 0.4) is 0 Å². The van der Waals surface area contributed by atoms with Crippen molar-refractivity contribution in [3.63, 3.8) is 0 Å². The number of aryl methyl sites for hydroxylation is 1. The van der Waals surface area contributed by atoms with Crippen LogP contribution < -0.4 is 5.32 Å². The first-order valence-corrected chi connectivity index (χ1v) is 5.80. The maximum Gasteiger partial charge on any atom is 0.115 e. The summed E-state index contributed by atoms with van der Waals surface area (Å²) in [4.78, 5) is 8.09. The molecule has 0 fully saturated rings. The summed E-state index contributed by atoms with van der Waals surface area (Å²) in [5.41, 5.74) is 3.60. The van der Waals surface area contributed by atoms with Crippen LogP contribution in [0.2, 0.25) is 0 Å². The molecule has 1 aromatic heterocycles. The van der Waals surface area contributed by atoms with Gasteiger partial charge in [-0.05, 0) is 25.5 Å². The SMILES string of the molecule is Cc1ccc([C@@H](C)NCc2ccncn2)cc1. The van der Waals surface area contributed by atoms with Crippen molar-refractivity contribution in [2.24, 2.45) is 0 Å². The number of aromatic nitrogens is 2. The molecule has 0 aliphatic heterocycles. The summed E-state index contributed by atoms with van der Waals surface area (Å²) in [7, 11) is 0. The lowest BCUT2D eigenvalue weighted by atomic mass is 10.1. The first-order valence-electron chi connectivity index (χ1n) is 5.80. The lowest BCUT2D eigenvalue weighted by molar-refractivity contribution is 0.567. The zero-order valence-corrected chi connectivity index (χ0v) is 10.2. The molecule has 2 rings (SSSR count). The second-order valence-corrected chi connectivity index (χ2v) is 4.21. The minimum absolute atomic E-state index is 0.325. The van der Waals surface area contributed by atoms with Gasteiger partial charge in [0.05, 0.1) is 5.69 Å². The number of hydrogen-bond acceptors (Lipinski definition) is 3. The average Bonchev–Trinajstić information content (AvgIpc) is 2.38. The van der Waals surface area contributed by atoms with E-state index in [1.54, 1.807) is 12.5 Å². The van der Waals surface area contributed by atoms with E-state index in [0.29, 0.717) is 6.04 Å². The van der Waals surface area contributed by atoms with Crippen LogP contribution in [0.5, 0.6) is 0 Å². The van der Waals surface area contributed by atoms with Crippen LogP contribution >= 0.6 is 0 Å². The zero-order chi connectivity index (χ0) is 12.1. The highest BCUT2D eigenvalue weighted by Gasteiger charge is 2.04. The molecule has 1 N–H and O–H groups in total. The van der Waals surface area contributed by atoms with E-state index in [1.807, 2.05) is 6.07 Å². The number of hydrogen-bond donors (Lipinski definition) is 1. The fourth-order valence-corrected chi connectivity index (χ4v) is 1.65. The normalized spacial score (nSPS) is 12.4. The Morgan fingerprint density at radius 2 is 1.94 bits per heavy atom. The standard InChI is InChI=1S/C14H17N3/c1-11-3-5-13(6-4-11)12(2)16-9-14-7-8-15-10-17-14/h3-8,10,12,16H,9H2,1-2H3/t12-/m1/s1. The number of nitrogens with one attached hydrogen (secondary N) is 1. The first kappa shape index (κ1) is 11.7. The summed E-state index contributed by atoms with van der Waals surface area (Å²) in [6, 6.07) is 10.8. The van der Waals surface area contributed by atoms with Crippen LogP contribution in [-0.4, -0.2) is 9.97 Å². The van der Waals surface area contributed by atoms with Gasteiger partial charge in [0.1, 0.15) is 6.33 Å². The summed E-state index contributed by atoms with van der Waals surface area (Å²) in [5.74, 6) is 0. The van der Waals surface area contributed by atoms with Crippen LogP contribution in [0.4, 0.5) is 0 Å². The van der Waals surface area contributed by atoms with Gasteiger partial charge >= 0.3 is 0 Å². The van der Waals surface area contributed by atoms with Crippen molar-refractivity contribution in [1.29, 1.82) is 0 Å². The van der Waals surface area contributed by atoms with Gasteiger partial charge in [-0.3, -0.25) is 0 Å². The van der Waals surface area contributed by atoms with Gasteiger partial charge in [0.2, 0.25) is 0 Å². The molecule has 2 aromatic rings. The molecule has 0 saturated carbocycles. The van der Waals surface area contributed by atoms with Crippen LogP contribution in [0.25, 0.3) is 0 Å². The Labute approximate surface area is 102 Å². The van der Waals surface area contributed by atoms with E-state index in [4.69, 9.17) is 0 Å². The van der Waals surface area contributed by atoms with E-state index < -0.39 is 0 Å². The van der Waals surface area contributed by atoms with E-state index in [9.17, 15) is 0 Å². The predicted octanol–water partition coefficient (Wildman–Crippen LogP) is 2.64. The van der Waals surface area contributed by atoms with Gasteiger partial charge in [0, 0.05) is 18.8 Å². The number of benzene rings is 1. The Hall–Kier alpha value is -1.74. The van der Waals surface area contributed by atoms with E-state index >= 15 is 0 Å². The lowest BCUT2D eigenvalue weighted by Crippen LogP contribution is -2.18. The molecule has 1 atom stereocenters. The maximum atomic E-state index is 4.18. The largest absolute Gasteiger partial charge is 0.305 e. The van der Waals surface area contributed by atoms with Gasteiger partial charge in [-0.25, -0.2) is 9.97 Å². The molecule has 0 aliphatic rings. The van der Waals surface area contributed by atoms with Crippen molar-refractivity contribution >= 4 is 0 Å². The molecule has 0 bridgehead atoms. The van der Waals surface area contributed by atoms with Gasteiger partial charge in [-0.15, -0.1) is 0 Å². The molecule has 0 amide bonds. The van der Waals surface area contributed by atoms with Crippen molar-refractivity contribution in [2.75, 3.05) is 0 Å². The highest BCUT2D eigenvalue weighted by molar-refractivity contribution is 5.23. The molecule has 0 radical (unpaired) electrons. The minimum atomic E-state index is 0.325. The van der Waals surface area contributed by atoms with Crippen LogP contribution in [-0.2, 0) is 6.54 Å². The molecule has 3 heteroatoms. The lowest BCUT2D eigenvalue weighted by Gasteiger charge is -2.14. The zero-order valence-electron chi connectivity index (χ0n) is 10.2. The molecular formula is C14H17N3. The molecule has 0 spiro atoms. The molecule has 88 valence electrons. The minimum Gasteiger partial charge on any atom is -0.305 e. The van der Waals surface area contributed by atoms with Crippen LogP contribution in [0.15, 0.2) is 42.9 Å². The van der Waals surface area contributed by atoms with Gasteiger partial charge in [-0.1, -0.05) is 29.8 Å². The second kappa shape index (κ2) is 5.55. The Morgan fingerprint density at radius 1 is 1.18 bits per heavy atom. The van der Waals surface area contributed by atoms with E-state index in [-0.39, 0.29) is 0 Å². The van der Waals surface area contributed by atoms with Crippen LogP contribution in [0, 0.1) is 6.92 Å². The Balaban J connectivity index is 1.93. The van der Waals surface area contributed by atoms with Gasteiger partial charge in [-0.2, -0.15) is 0 Å². The molecule has 1 aromatic carbocycles. The first-order chi connectivity index (χ1) is 8.25. The molecule has 1 heterocycles. The summed E-state index contributed by atoms with van der Waals surface area (Å²) in [6.45, 7) is 5.02. The molecular weight excluding hydrogens is 210 g/mol. The van der Waals surface area contributed by atoms with Crippen molar-refractivity contribution in [1.82, 2.24) is 15.3 Å². The third-order valence-electron chi connectivity index (χ3n) is 2.81. The molecule has 0 unspecified atom stereocenters. The fraction of sp³-hybridized carbons (Fsp3) is 0.286. The van der Waals surface area contributed by atoms with Crippen LogP contribution in [0.1, 0.15) is 29.8 Å². The van der Waals surface area contributed by atoms with Crippen molar-refractivity contribution in [3.05, 3.63) is 59.7 Å². The van der Waals surface area contributed by atoms with Crippen molar-refractivity contribution in [3.8, 4) is 0 Å². The molecule has 17 heavy (non-hydrogen) atoms. The topological polar surface area (TPSA) is 37.8 Å². The average molecular weight is 227 g/mol. The van der Waals surface area contributed by atoms with E-state index in [2.05, 4.69) is 53.4 Å². The number of rotatable bonds is 4. The van der Waals surface area contributed by atoms with Crippen molar-refractivity contribution in [2.45, 2.75) is 26.4 Å². The molecule has 0 saturated heterocycles. The smallest absolute Gasteiger partial charge is 0.115 e. The Kier molecular flexibility index (Phi) is 3.83. The second-order valence-electron chi connectivity index (χ2n) is 4.21. The summed E-state index contributed by atoms with van der Waals surface area (Å²) < 4.78 is 0. The predicted molar refractivity (Wildman–Crippen MR) is 68.5 cm³/mol. The van der Waals surface area contributed by atoms with Gasteiger partial charge < -0.3 is 5.32 Å². The summed E-state index contributed by atoms with van der Waals surface area (Å²) in [6.07, 6.45) is 3.34. The highest BCUT2D eigenvalue weighted by atomic mass is 14.9.